The number of fused-ring (bicyclic) bond motifs is 1. The second-order valence-corrected chi connectivity index (χ2v) is 5.49. The van der Waals surface area contributed by atoms with Crippen molar-refractivity contribution in [2.75, 3.05) is 5.32 Å². The summed E-state index contributed by atoms with van der Waals surface area (Å²) in [6.45, 7) is 0. The maximum absolute atomic E-state index is 5.15. The zero-order chi connectivity index (χ0) is 14.9. The van der Waals surface area contributed by atoms with Gasteiger partial charge in [0.05, 0.1) is 40.8 Å². The molecule has 0 atom stereocenters. The molecule has 0 unspecified atom stereocenters. The van der Waals surface area contributed by atoms with E-state index in [1.807, 2.05) is 24.3 Å². The van der Waals surface area contributed by atoms with E-state index in [4.69, 9.17) is 4.42 Å². The van der Waals surface area contributed by atoms with E-state index in [-0.39, 0.29) is 0 Å². The Kier molecular flexibility index (Phi) is 3.12. The molecule has 4 aromatic rings. The maximum atomic E-state index is 5.15. The van der Waals surface area contributed by atoms with Crippen molar-refractivity contribution in [1.29, 1.82) is 0 Å². The molecule has 22 heavy (non-hydrogen) atoms. The van der Waals surface area contributed by atoms with Crippen LogP contribution in [0.25, 0.3) is 16.9 Å². The van der Waals surface area contributed by atoms with Crippen LogP contribution in [-0.4, -0.2) is 19.6 Å². The van der Waals surface area contributed by atoms with Gasteiger partial charge < -0.3 is 9.73 Å². The Morgan fingerprint density at radius 3 is 2.95 bits per heavy atom. The van der Waals surface area contributed by atoms with E-state index < -0.39 is 0 Å². The van der Waals surface area contributed by atoms with E-state index in [1.54, 1.807) is 35.6 Å². The van der Waals surface area contributed by atoms with Crippen molar-refractivity contribution in [3.63, 3.8) is 0 Å². The second kappa shape index (κ2) is 5.27. The Labute approximate surface area is 134 Å². The number of nitrogens with one attached hydrogen (secondary N) is 1. The van der Waals surface area contributed by atoms with Crippen LogP contribution in [0.5, 0.6) is 0 Å². The average molecular weight is 356 g/mol. The number of hydrogen-bond acceptors (Lipinski definition) is 5. The van der Waals surface area contributed by atoms with Crippen LogP contribution in [0.1, 0.15) is 0 Å². The lowest BCUT2D eigenvalue weighted by Gasteiger charge is -2.09. The first-order valence-corrected chi connectivity index (χ1v) is 7.34. The quantitative estimate of drug-likeness (QED) is 0.603. The van der Waals surface area contributed by atoms with Crippen LogP contribution in [0.2, 0.25) is 0 Å². The molecular formula is C15H10BrN5O. The van der Waals surface area contributed by atoms with E-state index in [1.165, 1.54) is 0 Å². The molecule has 4 rings (SSSR count). The van der Waals surface area contributed by atoms with Gasteiger partial charge in [0.1, 0.15) is 5.82 Å². The summed E-state index contributed by atoms with van der Waals surface area (Å²) in [4.78, 5) is 8.72. The molecule has 0 fully saturated rings. The van der Waals surface area contributed by atoms with Gasteiger partial charge in [0, 0.05) is 17.8 Å². The lowest BCUT2D eigenvalue weighted by molar-refractivity contribution is 0.568. The van der Waals surface area contributed by atoms with Gasteiger partial charge >= 0.3 is 0 Å². The van der Waals surface area contributed by atoms with E-state index in [9.17, 15) is 0 Å². The molecule has 1 N–H and O–H groups in total. The smallest absolute Gasteiger partial charge is 0.172 e. The second-order valence-electron chi connectivity index (χ2n) is 4.63. The highest BCUT2D eigenvalue weighted by Gasteiger charge is 2.12. The van der Waals surface area contributed by atoms with Crippen LogP contribution in [0, 0.1) is 0 Å². The average Bonchev–Trinajstić information content (AvgIpc) is 3.19. The SMILES string of the molecule is Brc1cnn2c(Nc3cccnc3)cc(-c3ccoc3)nc12. The van der Waals surface area contributed by atoms with E-state index in [0.717, 1.165) is 32.9 Å². The molecule has 0 radical (unpaired) electrons. The number of rotatable bonds is 3. The largest absolute Gasteiger partial charge is 0.472 e. The first-order valence-electron chi connectivity index (χ1n) is 6.55. The molecule has 0 bridgehead atoms. The van der Waals surface area contributed by atoms with Gasteiger partial charge in [0.15, 0.2) is 5.65 Å². The number of aromatic nitrogens is 4. The highest BCUT2D eigenvalue weighted by atomic mass is 79.9. The number of hydrogen-bond donors (Lipinski definition) is 1. The summed E-state index contributed by atoms with van der Waals surface area (Å²) in [7, 11) is 0. The first-order chi connectivity index (χ1) is 10.8. The molecule has 0 aliphatic rings. The van der Waals surface area contributed by atoms with Crippen LogP contribution >= 0.6 is 15.9 Å². The monoisotopic (exact) mass is 355 g/mol. The van der Waals surface area contributed by atoms with E-state index in [2.05, 4.69) is 36.3 Å². The number of halogens is 1. The van der Waals surface area contributed by atoms with Gasteiger partial charge in [0.2, 0.25) is 0 Å². The molecule has 0 amide bonds. The molecule has 0 saturated heterocycles. The number of furan rings is 1. The topological polar surface area (TPSA) is 68.2 Å². The van der Waals surface area contributed by atoms with Gasteiger partial charge in [-0.3, -0.25) is 4.98 Å². The summed E-state index contributed by atoms with van der Waals surface area (Å²) >= 11 is 3.47. The minimum Gasteiger partial charge on any atom is -0.472 e. The summed E-state index contributed by atoms with van der Waals surface area (Å²) in [6, 6.07) is 7.60. The van der Waals surface area contributed by atoms with Crippen molar-refractivity contribution in [2.45, 2.75) is 0 Å². The van der Waals surface area contributed by atoms with Crippen LogP contribution in [0.3, 0.4) is 0 Å². The highest BCUT2D eigenvalue weighted by Crippen LogP contribution is 2.27. The fraction of sp³-hybridized carbons (Fsp3) is 0. The molecule has 0 aromatic carbocycles. The summed E-state index contributed by atoms with van der Waals surface area (Å²) in [6.07, 6.45) is 8.49. The summed E-state index contributed by atoms with van der Waals surface area (Å²) in [5, 5.41) is 7.65. The Hall–Kier alpha value is -2.67. The van der Waals surface area contributed by atoms with Crippen molar-refractivity contribution in [3.8, 4) is 11.3 Å². The van der Waals surface area contributed by atoms with Crippen molar-refractivity contribution in [2.24, 2.45) is 0 Å². The van der Waals surface area contributed by atoms with Gasteiger partial charge in [-0.15, -0.1) is 0 Å². The van der Waals surface area contributed by atoms with Crippen molar-refractivity contribution in [3.05, 3.63) is 59.9 Å². The van der Waals surface area contributed by atoms with Crippen molar-refractivity contribution >= 4 is 33.1 Å². The molecule has 0 spiro atoms. The summed E-state index contributed by atoms with van der Waals surface area (Å²) in [5.74, 6) is 0.792. The molecule has 108 valence electrons. The van der Waals surface area contributed by atoms with Gasteiger partial charge in [-0.2, -0.15) is 9.61 Å². The molecule has 4 aromatic heterocycles. The molecule has 6 nitrogen and oxygen atoms in total. The third-order valence-corrected chi connectivity index (χ3v) is 3.74. The molecule has 4 heterocycles. The Morgan fingerprint density at radius 1 is 1.23 bits per heavy atom. The summed E-state index contributed by atoms with van der Waals surface area (Å²) < 4.78 is 7.71. The third kappa shape index (κ3) is 2.25. The van der Waals surface area contributed by atoms with Crippen LogP contribution in [-0.2, 0) is 0 Å². The Morgan fingerprint density at radius 2 is 2.18 bits per heavy atom. The predicted molar refractivity (Wildman–Crippen MR) is 85.9 cm³/mol. The zero-order valence-corrected chi connectivity index (χ0v) is 12.9. The van der Waals surface area contributed by atoms with Gasteiger partial charge in [-0.1, -0.05) is 0 Å². The lowest BCUT2D eigenvalue weighted by Crippen LogP contribution is -2.02. The fourth-order valence-corrected chi connectivity index (χ4v) is 2.52. The summed E-state index contributed by atoms with van der Waals surface area (Å²) in [5.41, 5.74) is 3.31. The molecular weight excluding hydrogens is 346 g/mol. The Balaban J connectivity index is 1.88. The highest BCUT2D eigenvalue weighted by molar-refractivity contribution is 9.10. The molecule has 0 aliphatic carbocycles. The fourth-order valence-electron chi connectivity index (χ4n) is 2.17. The van der Waals surface area contributed by atoms with Crippen LogP contribution < -0.4 is 5.32 Å². The zero-order valence-electron chi connectivity index (χ0n) is 11.3. The number of nitrogens with zero attached hydrogens (tertiary/aromatic N) is 4. The Bertz CT molecular complexity index is 918. The van der Waals surface area contributed by atoms with Crippen molar-refractivity contribution in [1.82, 2.24) is 19.6 Å². The van der Waals surface area contributed by atoms with Gasteiger partial charge in [-0.05, 0) is 34.1 Å². The molecule has 0 aliphatic heterocycles. The van der Waals surface area contributed by atoms with Gasteiger partial charge in [-0.25, -0.2) is 4.98 Å². The minimum atomic E-state index is 0.727. The molecule has 7 heteroatoms. The number of anilines is 2. The standard InChI is InChI=1S/C15H10BrN5O/c16-12-8-18-21-14(19-11-2-1-4-17-7-11)6-13(20-15(12)21)10-3-5-22-9-10/h1-9,19H. The minimum absolute atomic E-state index is 0.727. The van der Waals surface area contributed by atoms with Crippen LogP contribution in [0.4, 0.5) is 11.5 Å². The molecule has 0 saturated carbocycles. The normalized spacial score (nSPS) is 11.0. The van der Waals surface area contributed by atoms with Crippen molar-refractivity contribution < 1.29 is 4.42 Å². The van der Waals surface area contributed by atoms with E-state index in [0.29, 0.717) is 0 Å². The number of pyridine rings is 1. The third-order valence-electron chi connectivity index (χ3n) is 3.18. The predicted octanol–water partition coefficient (Wildman–Crippen LogP) is 3.89. The van der Waals surface area contributed by atoms with E-state index >= 15 is 0 Å². The first kappa shape index (κ1) is 13.0. The van der Waals surface area contributed by atoms with Gasteiger partial charge in [0.25, 0.3) is 0 Å². The van der Waals surface area contributed by atoms with Crippen LogP contribution in [0.15, 0.2) is 64.3 Å². The lowest BCUT2D eigenvalue weighted by atomic mass is 10.2. The maximum Gasteiger partial charge on any atom is 0.172 e.